The summed E-state index contributed by atoms with van der Waals surface area (Å²) < 4.78 is 3.94. The predicted molar refractivity (Wildman–Crippen MR) is 37.0 cm³/mol. The van der Waals surface area contributed by atoms with Crippen molar-refractivity contribution < 1.29 is 14.6 Å². The molecule has 0 aromatic carbocycles. The molecule has 1 amide bonds. The number of carbonyl (C=O) groups excluding carboxylic acids is 1. The first kappa shape index (κ1) is 11.7. The smallest absolute Gasteiger partial charge is 0.409 e. The Bertz CT molecular complexity index is 92.9. The van der Waals surface area contributed by atoms with Crippen LogP contribution in [0.1, 0.15) is 0 Å². The molecule has 0 aliphatic carbocycles. The number of hydrogen-bond acceptors (Lipinski definition) is 4. The van der Waals surface area contributed by atoms with Gasteiger partial charge < -0.3 is 21.3 Å². The Morgan fingerprint density at radius 2 is 2.20 bits per heavy atom. The first-order valence-electron chi connectivity index (χ1n) is 2.57. The minimum atomic E-state index is -0.829. The molecule has 0 fully saturated rings. The minimum Gasteiger partial charge on any atom is -0.419 e. The van der Waals surface area contributed by atoms with Crippen LogP contribution in [-0.4, -0.2) is 24.4 Å². The molecule has 0 spiro atoms. The van der Waals surface area contributed by atoms with Gasteiger partial charge in [-0.1, -0.05) is 6.58 Å². The van der Waals surface area contributed by atoms with E-state index in [2.05, 4.69) is 17.0 Å². The molecule has 0 rings (SSSR count). The summed E-state index contributed by atoms with van der Waals surface area (Å²) in [7, 11) is 0. The molecule has 5 nitrogen and oxygen atoms in total. The molecule has 0 heterocycles. The number of hydrogen-bond donors (Lipinski definition) is 3. The van der Waals surface area contributed by atoms with Crippen molar-refractivity contribution >= 4 is 6.09 Å². The molecule has 0 aromatic heterocycles. The highest BCUT2D eigenvalue weighted by Crippen LogP contribution is 1.66. The molecule has 0 radical (unpaired) electrons. The number of carbonyl (C=O) groups is 1. The lowest BCUT2D eigenvalue weighted by molar-refractivity contribution is 0.196. The topological polar surface area (TPSA) is 98.6 Å². The molecule has 10 heavy (non-hydrogen) atoms. The standard InChI is InChI=1S/C3H5NO2.C2H7NO/c1-2-6-3(4)5;3-1-2-4/h2H,1H2,(H2,4,5);4H,1-3H2. The molecule has 0 saturated carbocycles. The van der Waals surface area contributed by atoms with Crippen LogP contribution in [0.4, 0.5) is 4.79 Å². The van der Waals surface area contributed by atoms with Gasteiger partial charge in [0.05, 0.1) is 12.9 Å². The second-order valence-electron chi connectivity index (χ2n) is 1.12. The lowest BCUT2D eigenvalue weighted by Gasteiger charge is -1.83. The van der Waals surface area contributed by atoms with Crippen molar-refractivity contribution in [3.05, 3.63) is 12.8 Å². The van der Waals surface area contributed by atoms with Crippen molar-refractivity contribution in [3.8, 4) is 0 Å². The van der Waals surface area contributed by atoms with Gasteiger partial charge in [-0.05, 0) is 0 Å². The van der Waals surface area contributed by atoms with Crippen molar-refractivity contribution in [3.63, 3.8) is 0 Å². The summed E-state index contributed by atoms with van der Waals surface area (Å²) in [5.74, 6) is 0. The SMILES string of the molecule is C=COC(N)=O.NCCO. The van der Waals surface area contributed by atoms with Crippen LogP contribution in [0, 0.1) is 0 Å². The zero-order valence-corrected chi connectivity index (χ0v) is 5.62. The molecule has 0 bridgehead atoms. The molecule has 0 saturated heterocycles. The van der Waals surface area contributed by atoms with E-state index in [1.54, 1.807) is 0 Å². The first-order chi connectivity index (χ1) is 4.68. The molecule has 5 heteroatoms. The normalized spacial score (nSPS) is 7.00. The fraction of sp³-hybridized carbons (Fsp3) is 0.400. The predicted octanol–water partition coefficient (Wildman–Crippen LogP) is -0.837. The molecule has 0 aromatic rings. The second kappa shape index (κ2) is 10.8. The van der Waals surface area contributed by atoms with Gasteiger partial charge in [0.15, 0.2) is 0 Å². The molecule has 0 atom stereocenters. The van der Waals surface area contributed by atoms with Crippen molar-refractivity contribution in [2.24, 2.45) is 11.5 Å². The van der Waals surface area contributed by atoms with Gasteiger partial charge in [-0.3, -0.25) is 0 Å². The average molecular weight is 148 g/mol. The third-order valence-electron chi connectivity index (χ3n) is 0.329. The maximum Gasteiger partial charge on any atom is 0.409 e. The maximum absolute atomic E-state index is 9.53. The number of rotatable bonds is 2. The van der Waals surface area contributed by atoms with E-state index in [0.717, 1.165) is 6.26 Å². The Morgan fingerprint density at radius 3 is 2.20 bits per heavy atom. The van der Waals surface area contributed by atoms with Gasteiger partial charge in [-0.2, -0.15) is 0 Å². The molecule has 5 N–H and O–H groups in total. The highest BCUT2D eigenvalue weighted by atomic mass is 16.5. The Hall–Kier alpha value is -1.07. The summed E-state index contributed by atoms with van der Waals surface area (Å²) in [6, 6.07) is 0. The van der Waals surface area contributed by atoms with Crippen molar-refractivity contribution in [1.29, 1.82) is 0 Å². The number of primary amides is 1. The zero-order valence-electron chi connectivity index (χ0n) is 5.62. The van der Waals surface area contributed by atoms with Gasteiger partial charge in [0, 0.05) is 6.54 Å². The van der Waals surface area contributed by atoms with Gasteiger partial charge in [0.1, 0.15) is 0 Å². The number of nitrogens with two attached hydrogens (primary N) is 2. The van der Waals surface area contributed by atoms with Gasteiger partial charge >= 0.3 is 6.09 Å². The average Bonchev–Trinajstić information content (AvgIpc) is 1.89. The highest BCUT2D eigenvalue weighted by Gasteiger charge is 1.79. The lowest BCUT2D eigenvalue weighted by Crippen LogP contribution is -2.08. The number of amides is 1. The van der Waals surface area contributed by atoms with Crippen LogP contribution in [0.5, 0.6) is 0 Å². The largest absolute Gasteiger partial charge is 0.419 e. The highest BCUT2D eigenvalue weighted by molar-refractivity contribution is 5.65. The maximum atomic E-state index is 9.53. The minimum absolute atomic E-state index is 0.0972. The van der Waals surface area contributed by atoms with E-state index < -0.39 is 6.09 Å². The first-order valence-corrected chi connectivity index (χ1v) is 2.57. The van der Waals surface area contributed by atoms with Crippen molar-refractivity contribution in [2.45, 2.75) is 0 Å². The van der Waals surface area contributed by atoms with Crippen LogP contribution in [0.25, 0.3) is 0 Å². The van der Waals surface area contributed by atoms with Crippen LogP contribution < -0.4 is 11.5 Å². The van der Waals surface area contributed by atoms with Crippen LogP contribution in [0.15, 0.2) is 12.8 Å². The van der Waals surface area contributed by atoms with E-state index in [-0.39, 0.29) is 6.61 Å². The van der Waals surface area contributed by atoms with Gasteiger partial charge in [0.2, 0.25) is 0 Å². The second-order valence-corrected chi connectivity index (χ2v) is 1.12. The molecular formula is C5H12N2O3. The van der Waals surface area contributed by atoms with Crippen LogP contribution in [-0.2, 0) is 4.74 Å². The summed E-state index contributed by atoms with van der Waals surface area (Å²) in [5.41, 5.74) is 9.25. The van der Waals surface area contributed by atoms with Gasteiger partial charge in [-0.25, -0.2) is 4.79 Å². The fourth-order valence-corrected chi connectivity index (χ4v) is 0.0821. The van der Waals surface area contributed by atoms with Crippen LogP contribution >= 0.6 is 0 Å². The van der Waals surface area contributed by atoms with Crippen LogP contribution in [0.2, 0.25) is 0 Å². The molecule has 0 aliphatic rings. The Balaban J connectivity index is 0. The summed E-state index contributed by atoms with van der Waals surface area (Å²) in [5, 5.41) is 7.75. The van der Waals surface area contributed by atoms with E-state index >= 15 is 0 Å². The van der Waals surface area contributed by atoms with Crippen LogP contribution in [0.3, 0.4) is 0 Å². The number of ether oxygens (including phenoxy) is 1. The van der Waals surface area contributed by atoms with Gasteiger partial charge in [-0.15, -0.1) is 0 Å². The monoisotopic (exact) mass is 148 g/mol. The Kier molecular flexibility index (Phi) is 12.7. The molecule has 0 unspecified atom stereocenters. The summed E-state index contributed by atoms with van der Waals surface area (Å²) in [4.78, 5) is 9.53. The third kappa shape index (κ3) is 28.4. The van der Waals surface area contributed by atoms with E-state index in [4.69, 9.17) is 10.8 Å². The van der Waals surface area contributed by atoms with E-state index in [1.165, 1.54) is 0 Å². The molecular weight excluding hydrogens is 136 g/mol. The van der Waals surface area contributed by atoms with Crippen molar-refractivity contribution in [2.75, 3.05) is 13.2 Å². The van der Waals surface area contributed by atoms with E-state index in [9.17, 15) is 4.79 Å². The molecule has 0 aliphatic heterocycles. The summed E-state index contributed by atoms with van der Waals surface area (Å²) in [6.07, 6.45) is 0.146. The van der Waals surface area contributed by atoms with Gasteiger partial charge in [0.25, 0.3) is 0 Å². The summed E-state index contributed by atoms with van der Waals surface area (Å²) >= 11 is 0. The lowest BCUT2D eigenvalue weighted by atomic mass is 10.8. The quantitative estimate of drug-likeness (QED) is 0.445. The van der Waals surface area contributed by atoms with E-state index in [1.807, 2.05) is 0 Å². The van der Waals surface area contributed by atoms with Crippen molar-refractivity contribution in [1.82, 2.24) is 0 Å². The Morgan fingerprint density at radius 1 is 1.80 bits per heavy atom. The van der Waals surface area contributed by atoms with E-state index in [0.29, 0.717) is 6.54 Å². The Labute approximate surface area is 59.3 Å². The fourth-order valence-electron chi connectivity index (χ4n) is 0.0821. The molecule has 60 valence electrons. The number of aliphatic hydroxyl groups excluding tert-OH is 1. The summed E-state index contributed by atoms with van der Waals surface area (Å²) in [6.45, 7) is 3.55. The third-order valence-corrected chi connectivity index (χ3v) is 0.329. The zero-order chi connectivity index (χ0) is 8.41. The number of aliphatic hydroxyl groups is 1.